The Hall–Kier alpha value is -2.89. The Bertz CT molecular complexity index is 860. The summed E-state index contributed by atoms with van der Waals surface area (Å²) in [4.78, 5) is 14.9. The van der Waals surface area contributed by atoms with Crippen LogP contribution in [0.25, 0.3) is 11.0 Å². The van der Waals surface area contributed by atoms with Gasteiger partial charge in [-0.2, -0.15) is 0 Å². The molecule has 3 rings (SSSR count). The van der Waals surface area contributed by atoms with Gasteiger partial charge in [0.1, 0.15) is 17.2 Å². The second-order valence-corrected chi connectivity index (χ2v) is 5.35. The molecule has 0 saturated heterocycles. The highest BCUT2D eigenvalue weighted by Gasteiger charge is 2.06. The maximum Gasteiger partial charge on any atom is 0.326 e. The molecule has 0 unspecified atom stereocenters. The van der Waals surface area contributed by atoms with Crippen LogP contribution in [-0.4, -0.2) is 30.4 Å². The number of H-pyrrole nitrogens is 1. The Morgan fingerprint density at radius 2 is 1.67 bits per heavy atom. The summed E-state index contributed by atoms with van der Waals surface area (Å²) in [6.07, 6.45) is 0.710. The standard InChI is InChI=1S/C18H20N2O4/c1-22-13-10-14(23-2)12-15(11-13)24-9-5-8-20-17-7-4-3-6-16(17)19-18(20)21/h3-4,6-7,10-12H,5,8-9H2,1-2H3,(H,19,21). The van der Waals surface area contributed by atoms with Crippen LogP contribution in [0.3, 0.4) is 0 Å². The SMILES string of the molecule is COc1cc(OC)cc(OCCCn2c(=O)[nH]c3ccccc32)c1. The first-order chi connectivity index (χ1) is 11.7. The lowest BCUT2D eigenvalue weighted by Crippen LogP contribution is -2.18. The first-order valence-corrected chi connectivity index (χ1v) is 7.74. The number of imidazole rings is 1. The quantitative estimate of drug-likeness (QED) is 0.677. The van der Waals surface area contributed by atoms with Gasteiger partial charge < -0.3 is 19.2 Å². The van der Waals surface area contributed by atoms with Crippen LogP contribution < -0.4 is 19.9 Å². The summed E-state index contributed by atoms with van der Waals surface area (Å²) < 4.78 is 17.9. The molecule has 0 spiro atoms. The van der Waals surface area contributed by atoms with Crippen LogP contribution in [-0.2, 0) is 6.54 Å². The van der Waals surface area contributed by atoms with Gasteiger partial charge in [0.05, 0.1) is 31.9 Å². The van der Waals surface area contributed by atoms with Gasteiger partial charge in [-0.3, -0.25) is 4.57 Å². The van der Waals surface area contributed by atoms with Crippen LogP contribution in [0.1, 0.15) is 6.42 Å². The van der Waals surface area contributed by atoms with E-state index in [1.165, 1.54) is 0 Å². The molecule has 0 fully saturated rings. The first kappa shape index (κ1) is 16.0. The van der Waals surface area contributed by atoms with E-state index in [0.29, 0.717) is 36.8 Å². The van der Waals surface area contributed by atoms with Gasteiger partial charge in [-0.15, -0.1) is 0 Å². The predicted octanol–water partition coefficient (Wildman–Crippen LogP) is 2.82. The third kappa shape index (κ3) is 3.37. The van der Waals surface area contributed by atoms with Crippen LogP contribution in [0.5, 0.6) is 17.2 Å². The fourth-order valence-corrected chi connectivity index (χ4v) is 2.61. The van der Waals surface area contributed by atoms with E-state index in [-0.39, 0.29) is 5.69 Å². The van der Waals surface area contributed by atoms with Gasteiger partial charge in [0.15, 0.2) is 0 Å². The van der Waals surface area contributed by atoms with E-state index in [1.807, 2.05) is 24.3 Å². The lowest BCUT2D eigenvalue weighted by atomic mass is 10.3. The van der Waals surface area contributed by atoms with E-state index in [0.717, 1.165) is 11.0 Å². The van der Waals surface area contributed by atoms with Crippen molar-refractivity contribution in [3.63, 3.8) is 0 Å². The Morgan fingerprint density at radius 3 is 2.38 bits per heavy atom. The smallest absolute Gasteiger partial charge is 0.326 e. The number of benzene rings is 2. The zero-order valence-corrected chi connectivity index (χ0v) is 13.7. The molecule has 0 bridgehead atoms. The Balaban J connectivity index is 1.63. The summed E-state index contributed by atoms with van der Waals surface area (Å²) >= 11 is 0. The van der Waals surface area contributed by atoms with Crippen molar-refractivity contribution in [1.82, 2.24) is 9.55 Å². The number of nitrogens with one attached hydrogen (secondary N) is 1. The van der Waals surface area contributed by atoms with Crippen molar-refractivity contribution in [2.45, 2.75) is 13.0 Å². The summed E-state index contributed by atoms with van der Waals surface area (Å²) in [5.41, 5.74) is 1.66. The highest BCUT2D eigenvalue weighted by molar-refractivity contribution is 5.74. The third-order valence-electron chi connectivity index (χ3n) is 3.80. The summed E-state index contributed by atoms with van der Waals surface area (Å²) in [6, 6.07) is 13.1. The summed E-state index contributed by atoms with van der Waals surface area (Å²) in [6.45, 7) is 1.08. The molecule has 6 nitrogen and oxygen atoms in total. The number of hydrogen-bond acceptors (Lipinski definition) is 4. The topological polar surface area (TPSA) is 65.5 Å². The average Bonchev–Trinajstić information content (AvgIpc) is 2.93. The van der Waals surface area contributed by atoms with E-state index < -0.39 is 0 Å². The molecule has 1 heterocycles. The average molecular weight is 328 g/mol. The van der Waals surface area contributed by atoms with Gasteiger partial charge in [0.2, 0.25) is 0 Å². The van der Waals surface area contributed by atoms with Crippen LogP contribution in [0.15, 0.2) is 47.3 Å². The number of para-hydroxylation sites is 2. The molecule has 2 aromatic carbocycles. The molecule has 6 heteroatoms. The number of nitrogens with zero attached hydrogens (tertiary/aromatic N) is 1. The molecule has 0 aliphatic heterocycles. The van der Waals surface area contributed by atoms with E-state index >= 15 is 0 Å². The van der Waals surface area contributed by atoms with Crippen LogP contribution in [0, 0.1) is 0 Å². The molecule has 3 aromatic rings. The minimum Gasteiger partial charge on any atom is -0.496 e. The minimum absolute atomic E-state index is 0.0979. The zero-order chi connectivity index (χ0) is 16.9. The molecule has 0 amide bonds. The van der Waals surface area contributed by atoms with Gasteiger partial charge >= 0.3 is 5.69 Å². The fourth-order valence-electron chi connectivity index (χ4n) is 2.61. The Labute approximate surface area is 139 Å². The monoisotopic (exact) mass is 328 g/mol. The van der Waals surface area contributed by atoms with Crippen LogP contribution in [0.2, 0.25) is 0 Å². The van der Waals surface area contributed by atoms with Crippen molar-refractivity contribution < 1.29 is 14.2 Å². The largest absolute Gasteiger partial charge is 0.496 e. The van der Waals surface area contributed by atoms with Gasteiger partial charge in [-0.25, -0.2) is 4.79 Å². The van der Waals surface area contributed by atoms with Crippen LogP contribution >= 0.6 is 0 Å². The van der Waals surface area contributed by atoms with Crippen LogP contribution in [0.4, 0.5) is 0 Å². The molecule has 0 aliphatic rings. The molecular weight excluding hydrogens is 308 g/mol. The number of fused-ring (bicyclic) bond motifs is 1. The highest BCUT2D eigenvalue weighted by atomic mass is 16.5. The zero-order valence-electron chi connectivity index (χ0n) is 13.7. The second-order valence-electron chi connectivity index (χ2n) is 5.35. The Morgan fingerprint density at radius 1 is 1.00 bits per heavy atom. The number of rotatable bonds is 7. The predicted molar refractivity (Wildman–Crippen MR) is 92.2 cm³/mol. The number of ether oxygens (including phenoxy) is 3. The number of hydrogen-bond donors (Lipinski definition) is 1. The summed E-state index contributed by atoms with van der Waals surface area (Å²) in [7, 11) is 3.20. The molecule has 24 heavy (non-hydrogen) atoms. The minimum atomic E-state index is -0.0979. The van der Waals surface area contributed by atoms with E-state index in [9.17, 15) is 4.79 Å². The third-order valence-corrected chi connectivity index (χ3v) is 3.80. The highest BCUT2D eigenvalue weighted by Crippen LogP contribution is 2.27. The lowest BCUT2D eigenvalue weighted by molar-refractivity contribution is 0.297. The fraction of sp³-hybridized carbons (Fsp3) is 0.278. The van der Waals surface area contributed by atoms with Gasteiger partial charge in [0, 0.05) is 24.7 Å². The first-order valence-electron chi connectivity index (χ1n) is 7.74. The second kappa shape index (κ2) is 7.12. The number of aromatic nitrogens is 2. The van der Waals surface area contributed by atoms with Gasteiger partial charge in [0.25, 0.3) is 0 Å². The normalized spacial score (nSPS) is 10.8. The molecule has 1 aromatic heterocycles. The molecular formula is C18H20N2O4. The molecule has 1 N–H and O–H groups in total. The van der Waals surface area contributed by atoms with E-state index in [1.54, 1.807) is 37.0 Å². The van der Waals surface area contributed by atoms with Crippen molar-refractivity contribution in [2.24, 2.45) is 0 Å². The summed E-state index contributed by atoms with van der Waals surface area (Å²) in [5.74, 6) is 2.03. The molecule has 126 valence electrons. The molecule has 0 saturated carbocycles. The lowest BCUT2D eigenvalue weighted by Gasteiger charge is -2.10. The Kier molecular flexibility index (Phi) is 4.74. The number of aryl methyl sites for hydroxylation is 1. The van der Waals surface area contributed by atoms with Crippen molar-refractivity contribution >= 4 is 11.0 Å². The maximum absolute atomic E-state index is 12.0. The van der Waals surface area contributed by atoms with Crippen molar-refractivity contribution in [3.05, 3.63) is 52.9 Å². The van der Waals surface area contributed by atoms with Crippen molar-refractivity contribution in [2.75, 3.05) is 20.8 Å². The molecule has 0 aliphatic carbocycles. The number of methoxy groups -OCH3 is 2. The van der Waals surface area contributed by atoms with Crippen molar-refractivity contribution in [1.29, 1.82) is 0 Å². The van der Waals surface area contributed by atoms with Gasteiger partial charge in [-0.1, -0.05) is 12.1 Å². The number of aromatic amines is 1. The van der Waals surface area contributed by atoms with E-state index in [2.05, 4.69) is 4.98 Å². The molecule has 0 atom stereocenters. The van der Waals surface area contributed by atoms with E-state index in [4.69, 9.17) is 14.2 Å². The molecule has 0 radical (unpaired) electrons. The summed E-state index contributed by atoms with van der Waals surface area (Å²) in [5, 5.41) is 0. The van der Waals surface area contributed by atoms with Gasteiger partial charge in [-0.05, 0) is 18.6 Å². The van der Waals surface area contributed by atoms with Crippen molar-refractivity contribution in [3.8, 4) is 17.2 Å². The maximum atomic E-state index is 12.0.